The van der Waals surface area contributed by atoms with Crippen LogP contribution < -0.4 is 4.90 Å². The number of nitrogens with zero attached hydrogens (tertiary/aromatic N) is 2. The molecule has 0 saturated heterocycles. The Balaban J connectivity index is 2.78. The molecule has 0 N–H and O–H groups in total. The molecule has 0 atom stereocenters. The van der Waals surface area contributed by atoms with Gasteiger partial charge in [0.25, 0.3) is 0 Å². The molecule has 0 radical (unpaired) electrons. The zero-order chi connectivity index (χ0) is 12.8. The van der Waals surface area contributed by atoms with Crippen molar-refractivity contribution in [1.29, 1.82) is 0 Å². The van der Waals surface area contributed by atoms with Crippen molar-refractivity contribution in [3.8, 4) is 0 Å². The summed E-state index contributed by atoms with van der Waals surface area (Å²) < 4.78 is 0. The van der Waals surface area contributed by atoms with E-state index in [0.29, 0.717) is 11.0 Å². The number of hydrogen-bond donors (Lipinski definition) is 0. The first kappa shape index (κ1) is 15.1. The molecule has 0 bridgehead atoms. The molecule has 98 valence electrons. The van der Waals surface area contributed by atoms with Crippen LogP contribution in [0.3, 0.4) is 0 Å². The van der Waals surface area contributed by atoms with Crippen molar-refractivity contribution in [1.82, 2.24) is 4.98 Å². The van der Waals surface area contributed by atoms with E-state index < -0.39 is 0 Å². The van der Waals surface area contributed by atoms with Crippen LogP contribution in [0.4, 0.5) is 5.13 Å². The van der Waals surface area contributed by atoms with Gasteiger partial charge in [0.15, 0.2) is 5.13 Å². The molecule has 0 aliphatic carbocycles. The second-order valence-corrected chi connectivity index (χ2v) is 5.75. The molecule has 0 aliphatic rings. The zero-order valence-electron chi connectivity index (χ0n) is 10.7. The number of anilines is 1. The van der Waals surface area contributed by atoms with Crippen molar-refractivity contribution >= 4 is 39.7 Å². The van der Waals surface area contributed by atoms with Gasteiger partial charge >= 0.3 is 0 Å². The Bertz CT molecular complexity index is 337. The lowest BCUT2D eigenvalue weighted by atomic mass is 10.0. The summed E-state index contributed by atoms with van der Waals surface area (Å²) >= 11 is 13.5. The van der Waals surface area contributed by atoms with Crippen LogP contribution in [0.25, 0.3) is 0 Å². The van der Waals surface area contributed by atoms with Gasteiger partial charge in [0.2, 0.25) is 0 Å². The number of alkyl halides is 1. The van der Waals surface area contributed by atoms with Crippen LogP contribution in [-0.4, -0.2) is 18.1 Å². The minimum Gasteiger partial charge on any atom is -0.348 e. The predicted octanol–water partition coefficient (Wildman–Crippen LogP) is 4.80. The average molecular weight is 295 g/mol. The molecule has 0 fully saturated rings. The van der Waals surface area contributed by atoms with Crippen molar-refractivity contribution in [3.05, 3.63) is 10.0 Å². The quantitative estimate of drug-likeness (QED) is 0.672. The fraction of sp³-hybridized carbons (Fsp3) is 0.750. The van der Waals surface area contributed by atoms with E-state index in [1.54, 1.807) is 11.3 Å². The first-order chi connectivity index (χ1) is 8.15. The van der Waals surface area contributed by atoms with Gasteiger partial charge in [-0.05, 0) is 12.8 Å². The highest BCUT2D eigenvalue weighted by atomic mass is 35.5. The normalized spacial score (nSPS) is 11.2. The molecule has 1 rings (SSSR count). The second kappa shape index (κ2) is 7.45. The van der Waals surface area contributed by atoms with Gasteiger partial charge in [-0.25, -0.2) is 4.98 Å². The third-order valence-electron chi connectivity index (χ3n) is 3.05. The summed E-state index contributed by atoms with van der Waals surface area (Å²) in [6.07, 6.45) is 2.41. The zero-order valence-corrected chi connectivity index (χ0v) is 13.0. The van der Waals surface area contributed by atoms with Gasteiger partial charge in [-0.1, -0.05) is 49.6 Å². The van der Waals surface area contributed by atoms with Crippen LogP contribution in [0.1, 0.15) is 38.5 Å². The van der Waals surface area contributed by atoms with E-state index >= 15 is 0 Å². The number of rotatable bonds is 7. The molecule has 0 aliphatic heterocycles. The van der Waals surface area contributed by atoms with Crippen LogP contribution in [0.5, 0.6) is 0 Å². The Labute approximate surface area is 118 Å². The minimum absolute atomic E-state index is 0.443. The highest BCUT2D eigenvalue weighted by Gasteiger charge is 2.16. The van der Waals surface area contributed by atoms with Crippen molar-refractivity contribution in [3.63, 3.8) is 0 Å². The Kier molecular flexibility index (Phi) is 6.60. The Hall–Kier alpha value is 0.01000. The molecule has 1 aromatic rings. The summed E-state index contributed by atoms with van der Waals surface area (Å²) in [5, 5.41) is 1.56. The van der Waals surface area contributed by atoms with E-state index in [-0.39, 0.29) is 0 Å². The SMILES string of the molecule is CCC(CC)CN(CC)c1nc(Cl)c(CCl)s1. The lowest BCUT2D eigenvalue weighted by molar-refractivity contribution is 0.486. The molecule has 1 heterocycles. The summed E-state index contributed by atoms with van der Waals surface area (Å²) in [5.41, 5.74) is 0. The highest BCUT2D eigenvalue weighted by Crippen LogP contribution is 2.31. The second-order valence-electron chi connectivity index (χ2n) is 4.07. The number of thiazole rings is 1. The number of halogens is 2. The van der Waals surface area contributed by atoms with Crippen LogP contribution in [0, 0.1) is 5.92 Å². The van der Waals surface area contributed by atoms with E-state index in [0.717, 1.165) is 29.0 Å². The molecule has 0 saturated carbocycles. The molecule has 0 amide bonds. The summed E-state index contributed by atoms with van der Waals surface area (Å²) in [5.74, 6) is 1.16. The van der Waals surface area contributed by atoms with E-state index in [1.165, 1.54) is 12.8 Å². The van der Waals surface area contributed by atoms with Gasteiger partial charge in [-0.2, -0.15) is 0 Å². The third-order valence-corrected chi connectivity index (χ3v) is 5.01. The molecular formula is C12H20Cl2N2S. The number of hydrogen-bond acceptors (Lipinski definition) is 3. The Morgan fingerprint density at radius 2 is 1.94 bits per heavy atom. The van der Waals surface area contributed by atoms with Crippen LogP contribution in [0.15, 0.2) is 0 Å². The Morgan fingerprint density at radius 1 is 1.29 bits per heavy atom. The lowest BCUT2D eigenvalue weighted by Gasteiger charge is -2.24. The van der Waals surface area contributed by atoms with Gasteiger partial charge in [0.05, 0.1) is 10.8 Å². The summed E-state index contributed by atoms with van der Waals surface area (Å²) in [4.78, 5) is 7.66. The maximum absolute atomic E-state index is 6.04. The van der Waals surface area contributed by atoms with Crippen molar-refractivity contribution < 1.29 is 0 Å². The monoisotopic (exact) mass is 294 g/mol. The van der Waals surface area contributed by atoms with Crippen LogP contribution >= 0.6 is 34.5 Å². The molecule has 0 aromatic carbocycles. The van der Waals surface area contributed by atoms with Gasteiger partial charge in [0.1, 0.15) is 5.15 Å². The van der Waals surface area contributed by atoms with Crippen molar-refractivity contribution in [2.24, 2.45) is 5.92 Å². The minimum atomic E-state index is 0.443. The van der Waals surface area contributed by atoms with Gasteiger partial charge < -0.3 is 4.90 Å². The topological polar surface area (TPSA) is 16.1 Å². The van der Waals surface area contributed by atoms with E-state index in [2.05, 4.69) is 30.7 Å². The van der Waals surface area contributed by atoms with E-state index in [1.807, 2.05) is 0 Å². The third kappa shape index (κ3) is 4.01. The molecule has 0 spiro atoms. The predicted molar refractivity (Wildman–Crippen MR) is 78.6 cm³/mol. The summed E-state index contributed by atoms with van der Waals surface area (Å²) in [6.45, 7) is 8.64. The van der Waals surface area contributed by atoms with Gasteiger partial charge in [-0.15, -0.1) is 11.6 Å². The lowest BCUT2D eigenvalue weighted by Crippen LogP contribution is -2.28. The van der Waals surface area contributed by atoms with Crippen molar-refractivity contribution in [2.75, 3.05) is 18.0 Å². The molecular weight excluding hydrogens is 275 g/mol. The summed E-state index contributed by atoms with van der Waals surface area (Å²) in [7, 11) is 0. The first-order valence-electron chi connectivity index (χ1n) is 6.12. The first-order valence-corrected chi connectivity index (χ1v) is 7.85. The van der Waals surface area contributed by atoms with Crippen LogP contribution in [-0.2, 0) is 5.88 Å². The Morgan fingerprint density at radius 3 is 2.35 bits per heavy atom. The maximum Gasteiger partial charge on any atom is 0.187 e. The van der Waals surface area contributed by atoms with Crippen molar-refractivity contribution in [2.45, 2.75) is 39.5 Å². The fourth-order valence-corrected chi connectivity index (χ4v) is 3.29. The molecule has 5 heteroatoms. The number of aromatic nitrogens is 1. The van der Waals surface area contributed by atoms with E-state index in [9.17, 15) is 0 Å². The largest absolute Gasteiger partial charge is 0.348 e. The average Bonchev–Trinajstić information content (AvgIpc) is 2.72. The smallest absolute Gasteiger partial charge is 0.187 e. The molecule has 2 nitrogen and oxygen atoms in total. The molecule has 1 aromatic heterocycles. The summed E-state index contributed by atoms with van der Waals surface area (Å²) in [6, 6.07) is 0. The van der Waals surface area contributed by atoms with Gasteiger partial charge in [-0.3, -0.25) is 0 Å². The highest BCUT2D eigenvalue weighted by molar-refractivity contribution is 7.16. The standard InChI is InChI=1S/C12H20Cl2N2S/c1-4-9(5-2)8-16(6-3)12-15-11(14)10(7-13)17-12/h9H,4-8H2,1-3H3. The van der Waals surface area contributed by atoms with Crippen LogP contribution in [0.2, 0.25) is 5.15 Å². The van der Waals surface area contributed by atoms with Gasteiger partial charge in [0, 0.05) is 13.1 Å². The molecule has 17 heavy (non-hydrogen) atoms. The molecule has 0 unspecified atom stereocenters. The van der Waals surface area contributed by atoms with E-state index in [4.69, 9.17) is 23.2 Å². The fourth-order valence-electron chi connectivity index (χ4n) is 1.74. The maximum atomic E-state index is 6.04.